The molecule has 4 N–H and O–H groups in total. The van der Waals surface area contributed by atoms with Gasteiger partial charge in [0.15, 0.2) is 6.23 Å². The van der Waals surface area contributed by atoms with E-state index in [9.17, 15) is 15.0 Å². The van der Waals surface area contributed by atoms with Gasteiger partial charge in [-0.2, -0.15) is 0 Å². The predicted octanol–water partition coefficient (Wildman–Crippen LogP) is -0.532. The van der Waals surface area contributed by atoms with Gasteiger partial charge in [-0.05, 0) is 0 Å². The number of hydrogen-bond donors (Lipinski definition) is 4. The summed E-state index contributed by atoms with van der Waals surface area (Å²) in [6, 6.07) is 0. The molecule has 104 valence electrons. The normalized spacial score (nSPS) is 33.3. The van der Waals surface area contributed by atoms with Crippen LogP contribution in [0.5, 0.6) is 0 Å². The van der Waals surface area contributed by atoms with E-state index in [1.165, 1.54) is 0 Å². The van der Waals surface area contributed by atoms with E-state index in [1.807, 2.05) is 0 Å². The first-order valence-electron chi connectivity index (χ1n) is 4.87. The van der Waals surface area contributed by atoms with Gasteiger partial charge in [0.25, 0.3) is 9.70 Å². The third-order valence-electron chi connectivity index (χ3n) is 2.43. The summed E-state index contributed by atoms with van der Waals surface area (Å²) in [6.45, 7) is 2.92. The maximum atomic E-state index is 11.4. The van der Waals surface area contributed by atoms with Crippen molar-refractivity contribution < 1.29 is 24.9 Å². The highest BCUT2D eigenvalue weighted by molar-refractivity contribution is 6.76. The quantitative estimate of drug-likeness (QED) is 0.405. The van der Waals surface area contributed by atoms with E-state index in [4.69, 9.17) is 44.6 Å². The fourth-order valence-corrected chi connectivity index (χ4v) is 1.56. The number of aliphatic hydroxyl groups is 3. The number of aliphatic hydroxyl groups excluding tert-OH is 3. The van der Waals surface area contributed by atoms with E-state index < -0.39 is 40.8 Å². The Balaban J connectivity index is 2.77. The zero-order chi connectivity index (χ0) is 14.1. The first-order chi connectivity index (χ1) is 8.18. The molecule has 0 bridgehead atoms. The molecule has 1 heterocycles. The summed E-state index contributed by atoms with van der Waals surface area (Å²) in [4.78, 5) is 11.4. The SMILES string of the molecule is C=C1C(NC(=O)C(Cl)(Cl)Cl)O[C@H](CO)[C@H](O)[C@@H]1O. The molecule has 0 aromatic heterocycles. The molecule has 1 saturated heterocycles. The third-order valence-corrected chi connectivity index (χ3v) is 2.95. The summed E-state index contributed by atoms with van der Waals surface area (Å²) in [5.41, 5.74) is -0.00481. The van der Waals surface area contributed by atoms with E-state index in [0.717, 1.165) is 0 Å². The van der Waals surface area contributed by atoms with Crippen LogP contribution in [0.3, 0.4) is 0 Å². The fourth-order valence-electron chi connectivity index (χ4n) is 1.40. The van der Waals surface area contributed by atoms with Crippen LogP contribution in [0.2, 0.25) is 0 Å². The molecule has 0 radical (unpaired) electrons. The maximum absolute atomic E-state index is 11.4. The Hall–Kier alpha value is -0.0800. The van der Waals surface area contributed by atoms with Crippen LogP contribution < -0.4 is 5.32 Å². The minimum Gasteiger partial charge on any atom is -0.394 e. The standard InChI is InChI=1S/C9H12Cl3NO5/c1-3-5(15)6(16)4(2-14)18-7(3)13-8(17)9(10,11)12/h4-7,14-16H,1-2H2,(H,13,17)/t4-,5-,6+,7?/m1/s1. The van der Waals surface area contributed by atoms with Crippen LogP contribution in [0.1, 0.15) is 0 Å². The van der Waals surface area contributed by atoms with Gasteiger partial charge in [-0.15, -0.1) is 0 Å². The average molecular weight is 321 g/mol. The second-order valence-corrected chi connectivity index (χ2v) is 6.00. The Kier molecular flexibility index (Phi) is 5.25. The molecule has 1 rings (SSSR count). The molecule has 0 aliphatic carbocycles. The minimum absolute atomic E-state index is 0.00481. The molecule has 0 aromatic carbocycles. The molecule has 1 unspecified atom stereocenters. The number of halogens is 3. The van der Waals surface area contributed by atoms with Gasteiger partial charge < -0.3 is 25.4 Å². The molecule has 1 amide bonds. The van der Waals surface area contributed by atoms with Gasteiger partial charge in [0.1, 0.15) is 18.3 Å². The first kappa shape index (κ1) is 16.0. The van der Waals surface area contributed by atoms with Gasteiger partial charge in [0, 0.05) is 5.57 Å². The van der Waals surface area contributed by atoms with E-state index in [2.05, 4.69) is 11.9 Å². The average Bonchev–Trinajstić information content (AvgIpc) is 2.28. The fraction of sp³-hybridized carbons (Fsp3) is 0.667. The molecule has 0 aromatic rings. The van der Waals surface area contributed by atoms with Crippen LogP contribution in [-0.2, 0) is 9.53 Å². The molecule has 0 saturated carbocycles. The Bertz CT molecular complexity index is 346. The van der Waals surface area contributed by atoms with Crippen molar-refractivity contribution in [3.8, 4) is 0 Å². The third kappa shape index (κ3) is 3.48. The highest BCUT2D eigenvalue weighted by Gasteiger charge is 2.42. The van der Waals surface area contributed by atoms with Crippen LogP contribution in [-0.4, -0.2) is 56.2 Å². The summed E-state index contributed by atoms with van der Waals surface area (Å²) in [5.74, 6) is -0.973. The Morgan fingerprint density at radius 2 is 2.00 bits per heavy atom. The number of alkyl halides is 3. The van der Waals surface area contributed by atoms with Crippen molar-refractivity contribution in [2.75, 3.05) is 6.61 Å². The lowest BCUT2D eigenvalue weighted by atomic mass is 9.97. The summed E-state index contributed by atoms with van der Waals surface area (Å²) in [7, 11) is 0. The molecule has 1 aliphatic heterocycles. The van der Waals surface area contributed by atoms with E-state index in [-0.39, 0.29) is 5.57 Å². The lowest BCUT2D eigenvalue weighted by molar-refractivity contribution is -0.161. The van der Waals surface area contributed by atoms with Gasteiger partial charge >= 0.3 is 0 Å². The molecular weight excluding hydrogens is 308 g/mol. The van der Waals surface area contributed by atoms with Crippen molar-refractivity contribution in [1.82, 2.24) is 5.32 Å². The van der Waals surface area contributed by atoms with E-state index in [0.29, 0.717) is 0 Å². The second-order valence-electron chi connectivity index (χ2n) is 3.72. The number of amides is 1. The van der Waals surface area contributed by atoms with Gasteiger partial charge in [-0.1, -0.05) is 41.4 Å². The van der Waals surface area contributed by atoms with Crippen LogP contribution in [0.4, 0.5) is 0 Å². The van der Waals surface area contributed by atoms with Crippen molar-refractivity contribution in [2.45, 2.75) is 28.3 Å². The van der Waals surface area contributed by atoms with Crippen molar-refractivity contribution in [3.05, 3.63) is 12.2 Å². The zero-order valence-corrected chi connectivity index (χ0v) is 11.3. The Morgan fingerprint density at radius 1 is 1.44 bits per heavy atom. The van der Waals surface area contributed by atoms with Crippen molar-refractivity contribution >= 4 is 40.7 Å². The second kappa shape index (κ2) is 5.92. The van der Waals surface area contributed by atoms with Gasteiger partial charge in [0.05, 0.1) is 6.61 Å². The molecule has 6 nitrogen and oxygen atoms in total. The lowest BCUT2D eigenvalue weighted by Gasteiger charge is -2.38. The van der Waals surface area contributed by atoms with Gasteiger partial charge in [-0.25, -0.2) is 0 Å². The Morgan fingerprint density at radius 3 is 2.44 bits per heavy atom. The summed E-state index contributed by atoms with van der Waals surface area (Å²) in [6.07, 6.45) is -4.95. The van der Waals surface area contributed by atoms with Crippen LogP contribution in [0.15, 0.2) is 12.2 Å². The molecular formula is C9H12Cl3NO5. The molecule has 18 heavy (non-hydrogen) atoms. The number of nitrogens with one attached hydrogen (secondary N) is 1. The highest BCUT2D eigenvalue weighted by atomic mass is 35.6. The summed E-state index contributed by atoms with van der Waals surface area (Å²) < 4.78 is 2.93. The number of carbonyl (C=O) groups excluding carboxylic acids is 1. The first-order valence-corrected chi connectivity index (χ1v) is 6.00. The number of hydrogen-bond acceptors (Lipinski definition) is 5. The zero-order valence-electron chi connectivity index (χ0n) is 9.02. The maximum Gasteiger partial charge on any atom is 0.274 e. The number of rotatable bonds is 2. The lowest BCUT2D eigenvalue weighted by Crippen LogP contribution is -2.57. The molecule has 4 atom stereocenters. The van der Waals surface area contributed by atoms with Crippen LogP contribution in [0, 0.1) is 0 Å². The highest BCUT2D eigenvalue weighted by Crippen LogP contribution is 2.28. The molecule has 1 fully saturated rings. The summed E-state index contributed by atoms with van der Waals surface area (Å²) in [5, 5.41) is 30.3. The van der Waals surface area contributed by atoms with E-state index in [1.54, 1.807) is 0 Å². The number of ether oxygens (including phenoxy) is 1. The Labute approximate surface area is 118 Å². The summed E-state index contributed by atoms with van der Waals surface area (Å²) >= 11 is 16.1. The van der Waals surface area contributed by atoms with Crippen molar-refractivity contribution in [2.24, 2.45) is 0 Å². The molecule has 1 aliphatic rings. The topological polar surface area (TPSA) is 99.0 Å². The van der Waals surface area contributed by atoms with Crippen molar-refractivity contribution in [1.29, 1.82) is 0 Å². The van der Waals surface area contributed by atoms with Gasteiger partial charge in [-0.3, -0.25) is 4.79 Å². The predicted molar refractivity (Wildman–Crippen MR) is 65.3 cm³/mol. The van der Waals surface area contributed by atoms with Crippen molar-refractivity contribution in [3.63, 3.8) is 0 Å². The smallest absolute Gasteiger partial charge is 0.274 e. The van der Waals surface area contributed by atoms with Gasteiger partial charge in [0.2, 0.25) is 0 Å². The molecule has 9 heteroatoms. The number of carbonyl (C=O) groups is 1. The van der Waals surface area contributed by atoms with Crippen LogP contribution in [0.25, 0.3) is 0 Å². The van der Waals surface area contributed by atoms with E-state index >= 15 is 0 Å². The minimum atomic E-state index is -2.20. The van der Waals surface area contributed by atoms with Crippen LogP contribution >= 0.6 is 34.8 Å². The largest absolute Gasteiger partial charge is 0.394 e. The monoisotopic (exact) mass is 319 g/mol. The molecule has 0 spiro atoms.